The molecule has 1 amide bonds. The Labute approximate surface area is 106 Å². The van der Waals surface area contributed by atoms with Gasteiger partial charge in [-0.2, -0.15) is 0 Å². The van der Waals surface area contributed by atoms with Crippen LogP contribution in [0.2, 0.25) is 0 Å². The molecular weight excluding hydrogens is 226 g/mol. The molecule has 0 bridgehead atoms. The molecule has 1 aromatic heterocycles. The Hall–Kier alpha value is -2.23. The molecule has 2 aromatic rings. The van der Waals surface area contributed by atoms with Crippen molar-refractivity contribution in [3.63, 3.8) is 0 Å². The van der Waals surface area contributed by atoms with Gasteiger partial charge in [-0.25, -0.2) is 9.97 Å². The van der Waals surface area contributed by atoms with E-state index in [2.05, 4.69) is 15.3 Å². The lowest BCUT2D eigenvalue weighted by Crippen LogP contribution is -2.17. The van der Waals surface area contributed by atoms with E-state index in [1.165, 1.54) is 6.33 Å². The number of hydrogen-bond acceptors (Lipinski definition) is 3. The third-order valence-electron chi connectivity index (χ3n) is 2.57. The monoisotopic (exact) mass is 241 g/mol. The van der Waals surface area contributed by atoms with Crippen molar-refractivity contribution in [2.45, 2.75) is 13.8 Å². The van der Waals surface area contributed by atoms with Crippen LogP contribution in [0.25, 0.3) is 11.1 Å². The summed E-state index contributed by atoms with van der Waals surface area (Å²) in [5, 5.41) is 2.85. The standard InChI is InChI=1S/C14H15N3O/c1-10(2)14(18)17-13-5-3-11(4-6-13)12-7-15-9-16-8-12/h3-10H,1-2H3,(H,17,18). The number of rotatable bonds is 3. The average molecular weight is 241 g/mol. The predicted octanol–water partition coefficient (Wildman–Crippen LogP) is 2.74. The van der Waals surface area contributed by atoms with Crippen molar-refractivity contribution in [3.05, 3.63) is 43.0 Å². The van der Waals surface area contributed by atoms with Crippen molar-refractivity contribution >= 4 is 11.6 Å². The second kappa shape index (κ2) is 5.40. The van der Waals surface area contributed by atoms with Crippen molar-refractivity contribution in [1.82, 2.24) is 9.97 Å². The predicted molar refractivity (Wildman–Crippen MR) is 70.9 cm³/mol. The molecule has 0 saturated heterocycles. The van der Waals surface area contributed by atoms with E-state index in [9.17, 15) is 4.79 Å². The Kier molecular flexibility index (Phi) is 3.67. The van der Waals surface area contributed by atoms with E-state index < -0.39 is 0 Å². The Morgan fingerprint density at radius 2 is 1.67 bits per heavy atom. The van der Waals surface area contributed by atoms with Crippen LogP contribution in [0.5, 0.6) is 0 Å². The quantitative estimate of drug-likeness (QED) is 0.898. The fourth-order valence-corrected chi connectivity index (χ4v) is 1.48. The Bertz CT molecular complexity index is 520. The molecular formula is C14H15N3O. The number of nitrogens with zero attached hydrogens (tertiary/aromatic N) is 2. The molecule has 1 aromatic carbocycles. The first kappa shape index (κ1) is 12.2. The van der Waals surface area contributed by atoms with Gasteiger partial charge in [0.05, 0.1) is 0 Å². The van der Waals surface area contributed by atoms with Gasteiger partial charge in [-0.3, -0.25) is 4.79 Å². The van der Waals surface area contributed by atoms with Gasteiger partial charge in [0.25, 0.3) is 0 Å². The van der Waals surface area contributed by atoms with Gasteiger partial charge in [-0.05, 0) is 17.7 Å². The molecule has 0 saturated carbocycles. The van der Waals surface area contributed by atoms with Gasteiger partial charge in [0.2, 0.25) is 5.91 Å². The van der Waals surface area contributed by atoms with E-state index in [-0.39, 0.29) is 11.8 Å². The maximum atomic E-state index is 11.5. The zero-order valence-corrected chi connectivity index (χ0v) is 10.4. The van der Waals surface area contributed by atoms with Crippen molar-refractivity contribution in [2.75, 3.05) is 5.32 Å². The zero-order valence-electron chi connectivity index (χ0n) is 10.4. The summed E-state index contributed by atoms with van der Waals surface area (Å²) < 4.78 is 0. The van der Waals surface area contributed by atoms with Gasteiger partial charge < -0.3 is 5.32 Å². The number of anilines is 1. The zero-order chi connectivity index (χ0) is 13.0. The molecule has 0 aliphatic rings. The maximum Gasteiger partial charge on any atom is 0.226 e. The second-order valence-corrected chi connectivity index (χ2v) is 4.35. The van der Waals surface area contributed by atoms with Crippen molar-refractivity contribution in [1.29, 1.82) is 0 Å². The number of carbonyl (C=O) groups excluding carboxylic acids is 1. The fourth-order valence-electron chi connectivity index (χ4n) is 1.48. The molecule has 0 aliphatic carbocycles. The minimum atomic E-state index is -0.0211. The van der Waals surface area contributed by atoms with Crippen LogP contribution in [0.1, 0.15) is 13.8 Å². The first-order valence-corrected chi connectivity index (χ1v) is 5.83. The number of aromatic nitrogens is 2. The molecule has 0 atom stereocenters. The summed E-state index contributed by atoms with van der Waals surface area (Å²) in [5.74, 6) is -0.00186. The first-order valence-electron chi connectivity index (χ1n) is 5.83. The average Bonchev–Trinajstić information content (AvgIpc) is 2.40. The van der Waals surface area contributed by atoms with Crippen LogP contribution in [-0.4, -0.2) is 15.9 Å². The highest BCUT2D eigenvalue weighted by Crippen LogP contribution is 2.19. The Morgan fingerprint density at radius 1 is 1.06 bits per heavy atom. The van der Waals surface area contributed by atoms with Gasteiger partial charge in [-0.15, -0.1) is 0 Å². The normalized spacial score (nSPS) is 10.4. The van der Waals surface area contributed by atoms with E-state index in [0.717, 1.165) is 16.8 Å². The third kappa shape index (κ3) is 2.91. The maximum absolute atomic E-state index is 11.5. The van der Waals surface area contributed by atoms with Crippen LogP contribution in [0.3, 0.4) is 0 Å². The van der Waals surface area contributed by atoms with Gasteiger partial charge in [0, 0.05) is 29.6 Å². The fraction of sp³-hybridized carbons (Fsp3) is 0.214. The summed E-state index contributed by atoms with van der Waals surface area (Å²) in [6, 6.07) is 7.63. The number of benzene rings is 1. The molecule has 92 valence electrons. The third-order valence-corrected chi connectivity index (χ3v) is 2.57. The first-order chi connectivity index (χ1) is 8.66. The van der Waals surface area contributed by atoms with Crippen molar-refractivity contribution in [2.24, 2.45) is 5.92 Å². The SMILES string of the molecule is CC(C)C(=O)Nc1ccc(-c2cncnc2)cc1. The lowest BCUT2D eigenvalue weighted by atomic mass is 10.1. The molecule has 0 radical (unpaired) electrons. The molecule has 2 rings (SSSR count). The molecule has 0 aliphatic heterocycles. The summed E-state index contributed by atoms with van der Waals surface area (Å²) in [5.41, 5.74) is 2.78. The number of amides is 1. The van der Waals surface area contributed by atoms with Gasteiger partial charge in [-0.1, -0.05) is 26.0 Å². The highest BCUT2D eigenvalue weighted by Gasteiger charge is 2.06. The highest BCUT2D eigenvalue weighted by atomic mass is 16.1. The molecule has 0 fully saturated rings. The van der Waals surface area contributed by atoms with Crippen LogP contribution in [0.4, 0.5) is 5.69 Å². The molecule has 1 N–H and O–H groups in total. The molecule has 0 unspecified atom stereocenters. The highest BCUT2D eigenvalue weighted by molar-refractivity contribution is 5.92. The summed E-state index contributed by atoms with van der Waals surface area (Å²) in [7, 11) is 0. The van der Waals surface area contributed by atoms with E-state index in [1.807, 2.05) is 38.1 Å². The number of carbonyl (C=O) groups is 1. The Morgan fingerprint density at radius 3 is 2.22 bits per heavy atom. The molecule has 1 heterocycles. The van der Waals surface area contributed by atoms with Crippen LogP contribution in [0.15, 0.2) is 43.0 Å². The van der Waals surface area contributed by atoms with E-state index in [0.29, 0.717) is 0 Å². The van der Waals surface area contributed by atoms with Gasteiger partial charge in [0.15, 0.2) is 0 Å². The number of nitrogens with one attached hydrogen (secondary N) is 1. The van der Waals surface area contributed by atoms with Crippen molar-refractivity contribution < 1.29 is 4.79 Å². The van der Waals surface area contributed by atoms with Crippen LogP contribution < -0.4 is 5.32 Å². The summed E-state index contributed by atoms with van der Waals surface area (Å²) in [6.45, 7) is 3.73. The van der Waals surface area contributed by atoms with Crippen LogP contribution >= 0.6 is 0 Å². The summed E-state index contributed by atoms with van der Waals surface area (Å²) in [6.07, 6.45) is 5.02. The second-order valence-electron chi connectivity index (χ2n) is 4.35. The van der Waals surface area contributed by atoms with E-state index >= 15 is 0 Å². The minimum Gasteiger partial charge on any atom is -0.326 e. The van der Waals surface area contributed by atoms with Crippen LogP contribution in [-0.2, 0) is 4.79 Å². The molecule has 0 spiro atoms. The lowest BCUT2D eigenvalue weighted by Gasteiger charge is -2.08. The Balaban J connectivity index is 2.13. The molecule has 4 heteroatoms. The van der Waals surface area contributed by atoms with E-state index in [4.69, 9.17) is 0 Å². The summed E-state index contributed by atoms with van der Waals surface area (Å²) in [4.78, 5) is 19.5. The van der Waals surface area contributed by atoms with Gasteiger partial charge >= 0.3 is 0 Å². The lowest BCUT2D eigenvalue weighted by molar-refractivity contribution is -0.118. The topological polar surface area (TPSA) is 54.9 Å². The number of hydrogen-bond donors (Lipinski definition) is 1. The molecule has 18 heavy (non-hydrogen) atoms. The van der Waals surface area contributed by atoms with Crippen molar-refractivity contribution in [3.8, 4) is 11.1 Å². The largest absolute Gasteiger partial charge is 0.326 e. The summed E-state index contributed by atoms with van der Waals surface area (Å²) >= 11 is 0. The van der Waals surface area contributed by atoms with E-state index in [1.54, 1.807) is 12.4 Å². The smallest absolute Gasteiger partial charge is 0.226 e. The molecule has 4 nitrogen and oxygen atoms in total. The van der Waals surface area contributed by atoms with Gasteiger partial charge in [0.1, 0.15) is 6.33 Å². The van der Waals surface area contributed by atoms with Crippen LogP contribution in [0, 0.1) is 5.92 Å². The minimum absolute atomic E-state index is 0.0193.